The number of anilines is 2. The van der Waals surface area contributed by atoms with E-state index in [4.69, 9.17) is 14.5 Å². The first kappa shape index (κ1) is 22.3. The highest BCUT2D eigenvalue weighted by atomic mass is 32.1. The van der Waals surface area contributed by atoms with Crippen molar-refractivity contribution in [2.24, 2.45) is 0 Å². The summed E-state index contributed by atoms with van der Waals surface area (Å²) in [6.45, 7) is 1.92. The number of hydrogen-bond donors (Lipinski definition) is 2. The Morgan fingerprint density at radius 1 is 0.944 bits per heavy atom. The van der Waals surface area contributed by atoms with Crippen molar-refractivity contribution < 1.29 is 9.47 Å². The number of rotatable bonds is 7. The fourth-order valence-corrected chi connectivity index (χ4v) is 4.67. The van der Waals surface area contributed by atoms with E-state index in [0.29, 0.717) is 17.7 Å². The van der Waals surface area contributed by atoms with Gasteiger partial charge in [0.1, 0.15) is 22.6 Å². The molecule has 2 aromatic carbocycles. The number of aromatic nitrogens is 5. The number of ether oxygens (including phenoxy) is 2. The molecule has 180 valence electrons. The number of nitrogens with zero attached hydrogens (tertiary/aromatic N) is 5. The van der Waals surface area contributed by atoms with Crippen molar-refractivity contribution >= 4 is 33.9 Å². The number of thiazole rings is 1. The van der Waals surface area contributed by atoms with Gasteiger partial charge in [-0.2, -0.15) is 0 Å². The van der Waals surface area contributed by atoms with Crippen LogP contribution in [0.4, 0.5) is 11.6 Å². The summed E-state index contributed by atoms with van der Waals surface area (Å²) >= 11 is 1.59. The summed E-state index contributed by atoms with van der Waals surface area (Å²) in [6, 6.07) is 13.6. The van der Waals surface area contributed by atoms with Gasteiger partial charge in [0.2, 0.25) is 5.95 Å². The minimum absolute atomic E-state index is 0.170. The highest BCUT2D eigenvalue weighted by Gasteiger charge is 2.19. The summed E-state index contributed by atoms with van der Waals surface area (Å²) in [7, 11) is 0. The lowest BCUT2D eigenvalue weighted by Crippen LogP contribution is -2.34. The zero-order chi connectivity index (χ0) is 24.2. The van der Waals surface area contributed by atoms with Gasteiger partial charge in [-0.25, -0.2) is 24.9 Å². The highest BCUT2D eigenvalue weighted by Crippen LogP contribution is 2.36. The molecular formula is C26H23N7O2S. The summed E-state index contributed by atoms with van der Waals surface area (Å²) in [5, 5.41) is 10.5. The number of benzene rings is 2. The minimum Gasteiger partial charge on any atom is -0.490 e. The second kappa shape index (κ2) is 10.2. The van der Waals surface area contributed by atoms with E-state index in [2.05, 4.69) is 36.6 Å². The molecule has 0 bridgehead atoms. The van der Waals surface area contributed by atoms with Gasteiger partial charge in [-0.1, -0.05) is 0 Å². The molecular weight excluding hydrogens is 474 g/mol. The quantitative estimate of drug-likeness (QED) is 0.313. The zero-order valence-corrected chi connectivity index (χ0v) is 20.1. The molecule has 4 heterocycles. The fourth-order valence-electron chi connectivity index (χ4n) is 4.01. The molecule has 5 aromatic rings. The SMILES string of the molecule is c1cnc(Oc2ccc(Nc3ncc4cc(-c5nccs5)c(OC5CCNCC5)cc4n3)cc2)nc1. The zero-order valence-electron chi connectivity index (χ0n) is 19.3. The van der Waals surface area contributed by atoms with E-state index in [0.717, 1.165) is 58.8 Å². The smallest absolute Gasteiger partial charge is 0.321 e. The lowest BCUT2D eigenvalue weighted by atomic mass is 10.1. The summed E-state index contributed by atoms with van der Waals surface area (Å²) in [4.78, 5) is 21.9. The summed E-state index contributed by atoms with van der Waals surface area (Å²) in [5.41, 5.74) is 2.61. The van der Waals surface area contributed by atoms with Crippen molar-refractivity contribution in [1.29, 1.82) is 0 Å². The van der Waals surface area contributed by atoms with E-state index in [1.807, 2.05) is 48.1 Å². The Kier molecular flexibility index (Phi) is 6.34. The van der Waals surface area contributed by atoms with Crippen molar-refractivity contribution in [3.8, 4) is 28.1 Å². The summed E-state index contributed by atoms with van der Waals surface area (Å²) < 4.78 is 12.1. The van der Waals surface area contributed by atoms with E-state index in [-0.39, 0.29) is 6.10 Å². The standard InChI is InChI=1S/C26H23N7O2S/c1-8-29-26(30-9-1)35-19-4-2-18(3-5-19)32-25-31-16-17-14-21(24-28-12-13-36-24)23(15-22(17)33-25)34-20-6-10-27-11-7-20/h1-5,8-9,12-16,20,27H,6-7,10-11H2,(H,31,32,33). The van der Waals surface area contributed by atoms with E-state index in [1.54, 1.807) is 29.8 Å². The summed E-state index contributed by atoms with van der Waals surface area (Å²) in [6.07, 6.45) is 9.02. The van der Waals surface area contributed by atoms with E-state index in [9.17, 15) is 0 Å². The Labute approximate surface area is 211 Å². The van der Waals surface area contributed by atoms with Gasteiger partial charge in [-0.15, -0.1) is 11.3 Å². The molecule has 0 spiro atoms. The highest BCUT2D eigenvalue weighted by molar-refractivity contribution is 7.13. The maximum absolute atomic E-state index is 6.46. The Hall–Kier alpha value is -4.15. The van der Waals surface area contributed by atoms with Crippen LogP contribution in [0.15, 0.2) is 72.6 Å². The molecule has 0 saturated carbocycles. The molecule has 0 aliphatic carbocycles. The molecule has 1 aliphatic rings. The average molecular weight is 498 g/mol. The summed E-state index contributed by atoms with van der Waals surface area (Å²) in [5.74, 6) is 1.94. The van der Waals surface area contributed by atoms with Crippen molar-refractivity contribution in [3.05, 3.63) is 72.6 Å². The first-order valence-electron chi connectivity index (χ1n) is 11.7. The topological polar surface area (TPSA) is 107 Å². The molecule has 0 radical (unpaired) electrons. The Balaban J connectivity index is 1.25. The molecule has 0 atom stereocenters. The van der Waals surface area contributed by atoms with Crippen LogP contribution >= 0.6 is 11.3 Å². The molecule has 10 heteroatoms. The minimum atomic E-state index is 0.170. The third kappa shape index (κ3) is 5.09. The first-order chi connectivity index (χ1) is 17.8. The van der Waals surface area contributed by atoms with E-state index >= 15 is 0 Å². The van der Waals surface area contributed by atoms with E-state index < -0.39 is 0 Å². The normalized spacial score (nSPS) is 14.0. The Morgan fingerprint density at radius 2 is 1.78 bits per heavy atom. The number of piperidine rings is 1. The molecule has 1 saturated heterocycles. The van der Waals surface area contributed by atoms with Gasteiger partial charge >= 0.3 is 6.01 Å². The molecule has 3 aromatic heterocycles. The molecule has 0 unspecified atom stereocenters. The largest absolute Gasteiger partial charge is 0.490 e. The Morgan fingerprint density at radius 3 is 2.56 bits per heavy atom. The molecule has 1 fully saturated rings. The molecule has 1 aliphatic heterocycles. The molecule has 9 nitrogen and oxygen atoms in total. The van der Waals surface area contributed by atoms with Crippen LogP contribution in [-0.4, -0.2) is 44.1 Å². The lowest BCUT2D eigenvalue weighted by molar-refractivity contribution is 0.163. The van der Waals surface area contributed by atoms with Gasteiger partial charge in [-0.05, 0) is 62.3 Å². The van der Waals surface area contributed by atoms with Gasteiger partial charge in [0, 0.05) is 47.3 Å². The third-order valence-corrected chi connectivity index (χ3v) is 6.59. The number of nitrogens with one attached hydrogen (secondary N) is 2. The van der Waals surface area contributed by atoms with Crippen LogP contribution in [0.1, 0.15) is 12.8 Å². The van der Waals surface area contributed by atoms with Crippen molar-refractivity contribution in [3.63, 3.8) is 0 Å². The van der Waals surface area contributed by atoms with Gasteiger partial charge in [0.15, 0.2) is 0 Å². The molecule has 0 amide bonds. The van der Waals surface area contributed by atoms with Crippen LogP contribution < -0.4 is 20.1 Å². The number of hydrogen-bond acceptors (Lipinski definition) is 10. The first-order valence-corrected chi connectivity index (χ1v) is 12.6. The molecule has 36 heavy (non-hydrogen) atoms. The average Bonchev–Trinajstić information content (AvgIpc) is 3.46. The second-order valence-electron chi connectivity index (χ2n) is 8.29. The van der Waals surface area contributed by atoms with Gasteiger partial charge in [0.25, 0.3) is 0 Å². The van der Waals surface area contributed by atoms with Gasteiger partial charge in [0.05, 0.1) is 11.1 Å². The van der Waals surface area contributed by atoms with Crippen molar-refractivity contribution in [1.82, 2.24) is 30.2 Å². The van der Waals surface area contributed by atoms with Crippen LogP contribution in [0.5, 0.6) is 17.5 Å². The maximum Gasteiger partial charge on any atom is 0.321 e. The number of fused-ring (bicyclic) bond motifs is 1. The van der Waals surface area contributed by atoms with E-state index in [1.165, 1.54) is 0 Å². The fraction of sp³-hybridized carbons (Fsp3) is 0.192. The van der Waals surface area contributed by atoms with Crippen molar-refractivity contribution in [2.75, 3.05) is 18.4 Å². The Bertz CT molecular complexity index is 1440. The van der Waals surface area contributed by atoms with Crippen LogP contribution in [0.2, 0.25) is 0 Å². The lowest BCUT2D eigenvalue weighted by Gasteiger charge is -2.25. The van der Waals surface area contributed by atoms with Crippen LogP contribution in [0.25, 0.3) is 21.5 Å². The predicted molar refractivity (Wildman–Crippen MR) is 139 cm³/mol. The third-order valence-electron chi connectivity index (χ3n) is 5.79. The van der Waals surface area contributed by atoms with Crippen LogP contribution in [-0.2, 0) is 0 Å². The predicted octanol–water partition coefficient (Wildman–Crippen LogP) is 5.21. The maximum atomic E-state index is 6.46. The second-order valence-corrected chi connectivity index (χ2v) is 9.18. The monoisotopic (exact) mass is 497 g/mol. The molecule has 2 N–H and O–H groups in total. The van der Waals surface area contributed by atoms with Crippen molar-refractivity contribution in [2.45, 2.75) is 18.9 Å². The van der Waals surface area contributed by atoms with Crippen LogP contribution in [0.3, 0.4) is 0 Å². The van der Waals surface area contributed by atoms with Gasteiger partial charge < -0.3 is 20.1 Å². The van der Waals surface area contributed by atoms with Gasteiger partial charge in [-0.3, -0.25) is 0 Å². The van der Waals surface area contributed by atoms with Crippen LogP contribution in [0, 0.1) is 0 Å². The molecule has 6 rings (SSSR count).